The molecule has 0 atom stereocenters. The molecule has 2 heterocycles. The molecule has 1 saturated heterocycles. The van der Waals surface area contributed by atoms with Crippen molar-refractivity contribution < 1.29 is 9.18 Å². The molecule has 0 unspecified atom stereocenters. The van der Waals surface area contributed by atoms with E-state index in [1.807, 2.05) is 12.1 Å². The van der Waals surface area contributed by atoms with Gasteiger partial charge in [0.1, 0.15) is 5.82 Å². The fourth-order valence-electron chi connectivity index (χ4n) is 3.02. The van der Waals surface area contributed by atoms with Crippen molar-refractivity contribution in [2.75, 3.05) is 44.2 Å². The predicted octanol–water partition coefficient (Wildman–Crippen LogP) is 2.16. The van der Waals surface area contributed by atoms with Crippen LogP contribution in [-0.2, 0) is 0 Å². The molecule has 25 heavy (non-hydrogen) atoms. The third kappa shape index (κ3) is 4.76. The highest BCUT2D eigenvalue weighted by Gasteiger charge is 2.18. The number of hydrogen-bond donors (Lipinski definition) is 1. The Bertz CT molecular complexity index is 687. The van der Waals surface area contributed by atoms with Crippen LogP contribution in [0.5, 0.6) is 0 Å². The van der Waals surface area contributed by atoms with E-state index in [2.05, 4.69) is 20.1 Å². The van der Waals surface area contributed by atoms with E-state index in [-0.39, 0.29) is 11.7 Å². The Morgan fingerprint density at radius 3 is 2.64 bits per heavy atom. The van der Waals surface area contributed by atoms with Gasteiger partial charge < -0.3 is 10.2 Å². The Labute approximate surface area is 147 Å². The second-order valence-electron chi connectivity index (χ2n) is 6.13. The number of halogens is 1. The van der Waals surface area contributed by atoms with Crippen LogP contribution in [0.1, 0.15) is 16.8 Å². The molecule has 2 aromatic rings. The number of rotatable bonds is 6. The van der Waals surface area contributed by atoms with Crippen molar-refractivity contribution in [3.8, 4) is 0 Å². The Morgan fingerprint density at radius 1 is 1.12 bits per heavy atom. The number of piperazine rings is 1. The highest BCUT2D eigenvalue weighted by molar-refractivity contribution is 5.93. The van der Waals surface area contributed by atoms with Gasteiger partial charge in [0.25, 0.3) is 5.91 Å². The van der Waals surface area contributed by atoms with Crippen LogP contribution in [-0.4, -0.2) is 55.1 Å². The summed E-state index contributed by atoms with van der Waals surface area (Å²) in [5, 5.41) is 2.92. The highest BCUT2D eigenvalue weighted by Crippen LogP contribution is 2.20. The molecule has 0 aliphatic carbocycles. The zero-order valence-corrected chi connectivity index (χ0v) is 14.2. The van der Waals surface area contributed by atoms with Gasteiger partial charge in [0.2, 0.25) is 0 Å². The number of nitrogens with zero attached hydrogens (tertiary/aromatic N) is 3. The normalized spacial score (nSPS) is 15.2. The van der Waals surface area contributed by atoms with Crippen molar-refractivity contribution in [2.24, 2.45) is 0 Å². The van der Waals surface area contributed by atoms with Gasteiger partial charge in [0.15, 0.2) is 0 Å². The average Bonchev–Trinajstić information content (AvgIpc) is 2.67. The molecular formula is C19H23FN4O. The van der Waals surface area contributed by atoms with E-state index in [1.165, 1.54) is 6.07 Å². The number of benzene rings is 1. The van der Waals surface area contributed by atoms with Crippen molar-refractivity contribution in [3.05, 3.63) is 60.2 Å². The molecular weight excluding hydrogens is 319 g/mol. The minimum absolute atomic E-state index is 0.0857. The molecule has 1 aromatic heterocycles. The van der Waals surface area contributed by atoms with E-state index < -0.39 is 0 Å². The number of carbonyl (C=O) groups is 1. The quantitative estimate of drug-likeness (QED) is 0.818. The molecule has 1 amide bonds. The summed E-state index contributed by atoms with van der Waals surface area (Å²) in [6, 6.07) is 10.4. The monoisotopic (exact) mass is 342 g/mol. The highest BCUT2D eigenvalue weighted by atomic mass is 19.1. The summed E-state index contributed by atoms with van der Waals surface area (Å²) >= 11 is 0. The van der Waals surface area contributed by atoms with Crippen LogP contribution < -0.4 is 10.2 Å². The van der Waals surface area contributed by atoms with Gasteiger partial charge in [0.05, 0.1) is 11.3 Å². The lowest BCUT2D eigenvalue weighted by atomic mass is 10.2. The molecule has 0 bridgehead atoms. The Morgan fingerprint density at radius 2 is 1.92 bits per heavy atom. The lowest BCUT2D eigenvalue weighted by Crippen LogP contribution is -2.47. The summed E-state index contributed by atoms with van der Waals surface area (Å²) in [5.41, 5.74) is 1.27. The maximum absolute atomic E-state index is 13.8. The Balaban J connectivity index is 1.36. The topological polar surface area (TPSA) is 48.5 Å². The van der Waals surface area contributed by atoms with Crippen molar-refractivity contribution >= 4 is 11.6 Å². The molecule has 3 rings (SSSR count). The molecule has 1 aliphatic heterocycles. The number of anilines is 1. The maximum atomic E-state index is 13.8. The predicted molar refractivity (Wildman–Crippen MR) is 96.2 cm³/mol. The summed E-state index contributed by atoms with van der Waals surface area (Å²) in [6.07, 6.45) is 4.11. The Kier molecular flexibility index (Phi) is 5.95. The van der Waals surface area contributed by atoms with E-state index in [4.69, 9.17) is 0 Å². The van der Waals surface area contributed by atoms with Gasteiger partial charge in [-0.2, -0.15) is 0 Å². The largest absolute Gasteiger partial charge is 0.367 e. The molecule has 1 aliphatic rings. The lowest BCUT2D eigenvalue weighted by molar-refractivity contribution is 0.0951. The number of nitrogens with one attached hydrogen (secondary N) is 1. The minimum Gasteiger partial charge on any atom is -0.367 e. The van der Waals surface area contributed by atoms with E-state index >= 15 is 0 Å². The zero-order chi connectivity index (χ0) is 17.5. The molecule has 132 valence electrons. The van der Waals surface area contributed by atoms with Crippen molar-refractivity contribution in [3.63, 3.8) is 0 Å². The lowest BCUT2D eigenvalue weighted by Gasteiger charge is -2.36. The van der Waals surface area contributed by atoms with Gasteiger partial charge in [-0.15, -0.1) is 0 Å². The van der Waals surface area contributed by atoms with E-state index in [0.29, 0.717) is 17.8 Å². The molecule has 1 N–H and O–H groups in total. The SMILES string of the molecule is O=C(NCCCN1CCN(c2ccccc2F)CC1)c1cccnc1. The van der Waals surface area contributed by atoms with Crippen LogP contribution in [0.15, 0.2) is 48.8 Å². The van der Waals surface area contributed by atoms with Crippen molar-refractivity contribution in [2.45, 2.75) is 6.42 Å². The van der Waals surface area contributed by atoms with Crippen molar-refractivity contribution in [1.82, 2.24) is 15.2 Å². The average molecular weight is 342 g/mol. The summed E-state index contributed by atoms with van der Waals surface area (Å²) in [5.74, 6) is -0.244. The van der Waals surface area contributed by atoms with Gasteiger partial charge >= 0.3 is 0 Å². The van der Waals surface area contributed by atoms with Crippen LogP contribution in [0.2, 0.25) is 0 Å². The summed E-state index contributed by atoms with van der Waals surface area (Å²) in [7, 11) is 0. The molecule has 0 saturated carbocycles. The first-order chi connectivity index (χ1) is 12.2. The van der Waals surface area contributed by atoms with E-state index in [0.717, 1.165) is 39.1 Å². The van der Waals surface area contributed by atoms with Gasteiger partial charge in [-0.05, 0) is 37.2 Å². The first kappa shape index (κ1) is 17.4. The summed E-state index contributed by atoms with van der Waals surface area (Å²) < 4.78 is 13.8. The number of aromatic nitrogens is 1. The summed E-state index contributed by atoms with van der Waals surface area (Å²) in [4.78, 5) is 20.3. The number of amides is 1. The van der Waals surface area contributed by atoms with Crippen molar-refractivity contribution in [1.29, 1.82) is 0 Å². The fourth-order valence-corrected chi connectivity index (χ4v) is 3.02. The first-order valence-electron chi connectivity index (χ1n) is 8.64. The van der Waals surface area contributed by atoms with E-state index in [9.17, 15) is 9.18 Å². The molecule has 1 aromatic carbocycles. The molecule has 6 heteroatoms. The van der Waals surface area contributed by atoms with Gasteiger partial charge in [-0.25, -0.2) is 4.39 Å². The van der Waals surface area contributed by atoms with Crippen LogP contribution >= 0.6 is 0 Å². The van der Waals surface area contributed by atoms with Crippen LogP contribution in [0.4, 0.5) is 10.1 Å². The summed E-state index contributed by atoms with van der Waals surface area (Å²) in [6.45, 7) is 5.03. The minimum atomic E-state index is -0.158. The second kappa shape index (κ2) is 8.58. The van der Waals surface area contributed by atoms with Crippen LogP contribution in [0, 0.1) is 5.82 Å². The van der Waals surface area contributed by atoms with Crippen LogP contribution in [0.3, 0.4) is 0 Å². The second-order valence-corrected chi connectivity index (χ2v) is 6.13. The van der Waals surface area contributed by atoms with E-state index in [1.54, 1.807) is 30.6 Å². The van der Waals surface area contributed by atoms with Crippen LogP contribution in [0.25, 0.3) is 0 Å². The number of carbonyl (C=O) groups excluding carboxylic acids is 1. The van der Waals surface area contributed by atoms with Gasteiger partial charge in [0, 0.05) is 45.1 Å². The molecule has 1 fully saturated rings. The smallest absolute Gasteiger partial charge is 0.252 e. The van der Waals surface area contributed by atoms with Gasteiger partial charge in [-0.3, -0.25) is 14.7 Å². The molecule has 0 radical (unpaired) electrons. The molecule has 0 spiro atoms. The fraction of sp³-hybridized carbons (Fsp3) is 0.368. The standard InChI is InChI=1S/C19H23FN4O/c20-17-6-1-2-7-18(17)24-13-11-23(12-14-24)10-4-9-22-19(25)16-5-3-8-21-15-16/h1-3,5-8,15H,4,9-14H2,(H,22,25). The molecule has 5 nitrogen and oxygen atoms in total. The number of para-hydroxylation sites is 1. The number of hydrogen-bond acceptors (Lipinski definition) is 4. The Hall–Kier alpha value is -2.47. The maximum Gasteiger partial charge on any atom is 0.252 e. The first-order valence-corrected chi connectivity index (χ1v) is 8.64. The zero-order valence-electron chi connectivity index (χ0n) is 14.2. The van der Waals surface area contributed by atoms with Gasteiger partial charge in [-0.1, -0.05) is 12.1 Å². The third-order valence-corrected chi connectivity index (χ3v) is 4.43. The number of pyridine rings is 1. The third-order valence-electron chi connectivity index (χ3n) is 4.43.